The lowest BCUT2D eigenvalue weighted by atomic mass is 9.88. The molecule has 2 aromatic carbocycles. The Labute approximate surface area is 157 Å². The minimum Gasteiger partial charge on any atom is -0.369 e. The van der Waals surface area contributed by atoms with E-state index in [4.69, 9.17) is 5.73 Å². The summed E-state index contributed by atoms with van der Waals surface area (Å²) in [6.45, 7) is 0.0491. The molecule has 27 heavy (non-hydrogen) atoms. The van der Waals surface area contributed by atoms with Gasteiger partial charge in [-0.25, -0.2) is 8.78 Å². The van der Waals surface area contributed by atoms with Crippen LogP contribution >= 0.6 is 12.6 Å². The van der Waals surface area contributed by atoms with Crippen LogP contribution in [0, 0.1) is 17.6 Å². The van der Waals surface area contributed by atoms with Crippen molar-refractivity contribution in [1.29, 1.82) is 0 Å². The Hall–Kier alpha value is -2.29. The molecule has 0 radical (unpaired) electrons. The Morgan fingerprint density at radius 3 is 2.30 bits per heavy atom. The van der Waals surface area contributed by atoms with Crippen LogP contribution in [0.2, 0.25) is 0 Å². The fourth-order valence-corrected chi connectivity index (χ4v) is 3.94. The summed E-state index contributed by atoms with van der Waals surface area (Å²) >= 11 is 4.35. The summed E-state index contributed by atoms with van der Waals surface area (Å²) in [7, 11) is 0. The fourth-order valence-electron chi connectivity index (χ4n) is 3.37. The first-order chi connectivity index (χ1) is 12.6. The number of carbonyl (C=O) groups is 1. The SMILES string of the molecule is NC(=O)C1C(c2ccc(C(F)(F)F)cc2)CN(c2cccc(F)c2F)C1S. The van der Waals surface area contributed by atoms with E-state index in [1.54, 1.807) is 0 Å². The Balaban J connectivity index is 1.98. The Kier molecular flexibility index (Phi) is 5.07. The molecular weight excluding hydrogens is 387 g/mol. The molecule has 2 aromatic rings. The standard InChI is InChI=1S/C18H15F5N2OS/c19-12-2-1-3-13(15(12)20)25-8-11(14(16(24)26)17(25)27)9-4-6-10(7-5-9)18(21,22)23/h1-7,11,14,17,27H,8H2,(H2,24,26). The van der Waals surface area contributed by atoms with Crippen molar-refractivity contribution in [2.45, 2.75) is 17.5 Å². The van der Waals surface area contributed by atoms with Gasteiger partial charge in [-0.3, -0.25) is 4.79 Å². The molecule has 1 heterocycles. The molecule has 2 N–H and O–H groups in total. The normalized spacial score (nSPS) is 22.9. The van der Waals surface area contributed by atoms with Crippen LogP contribution in [0.25, 0.3) is 0 Å². The lowest BCUT2D eigenvalue weighted by Crippen LogP contribution is -2.35. The molecule has 9 heteroatoms. The summed E-state index contributed by atoms with van der Waals surface area (Å²) in [4.78, 5) is 13.3. The van der Waals surface area contributed by atoms with Gasteiger partial charge in [-0.2, -0.15) is 25.8 Å². The van der Waals surface area contributed by atoms with Gasteiger partial charge in [0.25, 0.3) is 0 Å². The van der Waals surface area contributed by atoms with Gasteiger partial charge in [-0.15, -0.1) is 0 Å². The monoisotopic (exact) mass is 402 g/mol. The number of alkyl halides is 3. The summed E-state index contributed by atoms with van der Waals surface area (Å²) in [6.07, 6.45) is -4.49. The number of halogens is 5. The number of nitrogens with zero attached hydrogens (tertiary/aromatic N) is 1. The van der Waals surface area contributed by atoms with E-state index in [1.165, 1.54) is 29.2 Å². The predicted octanol–water partition coefficient (Wildman–Crippen LogP) is 3.94. The fraction of sp³-hybridized carbons (Fsp3) is 0.278. The lowest BCUT2D eigenvalue weighted by Gasteiger charge is -2.25. The van der Waals surface area contributed by atoms with E-state index in [0.29, 0.717) is 5.56 Å². The van der Waals surface area contributed by atoms with Crippen LogP contribution < -0.4 is 10.6 Å². The topological polar surface area (TPSA) is 46.3 Å². The highest BCUT2D eigenvalue weighted by molar-refractivity contribution is 7.81. The number of carbonyl (C=O) groups excluding carboxylic acids is 1. The van der Waals surface area contributed by atoms with Gasteiger partial charge in [0.2, 0.25) is 5.91 Å². The Morgan fingerprint density at radius 1 is 1.11 bits per heavy atom. The van der Waals surface area contributed by atoms with E-state index in [9.17, 15) is 26.7 Å². The lowest BCUT2D eigenvalue weighted by molar-refractivity contribution is -0.137. The van der Waals surface area contributed by atoms with Gasteiger partial charge >= 0.3 is 6.18 Å². The van der Waals surface area contributed by atoms with Crippen LogP contribution in [0.3, 0.4) is 0 Å². The van der Waals surface area contributed by atoms with Crippen LogP contribution in [0.4, 0.5) is 27.6 Å². The third-order valence-electron chi connectivity index (χ3n) is 4.70. The maximum absolute atomic E-state index is 14.2. The second kappa shape index (κ2) is 7.03. The second-order valence-corrected chi connectivity index (χ2v) is 6.82. The molecule has 3 nitrogen and oxygen atoms in total. The van der Waals surface area contributed by atoms with Crippen molar-refractivity contribution in [3.05, 3.63) is 65.2 Å². The number of thiol groups is 1. The van der Waals surface area contributed by atoms with Gasteiger partial charge in [-0.1, -0.05) is 18.2 Å². The number of nitrogens with two attached hydrogens (primary N) is 1. The highest BCUT2D eigenvalue weighted by Gasteiger charge is 2.45. The molecule has 3 atom stereocenters. The van der Waals surface area contributed by atoms with E-state index in [-0.39, 0.29) is 12.2 Å². The zero-order chi connectivity index (χ0) is 19.9. The number of rotatable bonds is 3. The molecule has 1 aliphatic rings. The third-order valence-corrected chi connectivity index (χ3v) is 5.30. The van der Waals surface area contributed by atoms with Crippen molar-refractivity contribution in [2.75, 3.05) is 11.4 Å². The quantitative estimate of drug-likeness (QED) is 0.604. The zero-order valence-electron chi connectivity index (χ0n) is 13.8. The highest BCUT2D eigenvalue weighted by atomic mass is 32.1. The third kappa shape index (κ3) is 3.60. The van der Waals surface area contributed by atoms with Gasteiger partial charge in [0, 0.05) is 12.5 Å². The molecule has 0 aliphatic carbocycles. The molecule has 0 saturated carbocycles. The van der Waals surface area contributed by atoms with Crippen molar-refractivity contribution in [2.24, 2.45) is 11.7 Å². The number of anilines is 1. The van der Waals surface area contributed by atoms with Gasteiger partial charge in [0.1, 0.15) is 0 Å². The van der Waals surface area contributed by atoms with E-state index < -0.39 is 46.5 Å². The molecule has 1 aliphatic heterocycles. The van der Waals surface area contributed by atoms with Crippen LogP contribution in [-0.2, 0) is 11.0 Å². The van der Waals surface area contributed by atoms with Crippen molar-refractivity contribution in [3.8, 4) is 0 Å². The molecule has 0 spiro atoms. The largest absolute Gasteiger partial charge is 0.416 e. The molecule has 1 fully saturated rings. The number of amides is 1. The van der Waals surface area contributed by atoms with E-state index >= 15 is 0 Å². The van der Waals surface area contributed by atoms with Crippen molar-refractivity contribution >= 4 is 24.2 Å². The van der Waals surface area contributed by atoms with Crippen molar-refractivity contribution in [3.63, 3.8) is 0 Å². The molecule has 144 valence electrons. The average Bonchev–Trinajstić information content (AvgIpc) is 2.94. The van der Waals surface area contributed by atoms with Crippen LogP contribution in [0.1, 0.15) is 17.0 Å². The molecule has 3 rings (SSSR count). The second-order valence-electron chi connectivity index (χ2n) is 6.29. The maximum Gasteiger partial charge on any atom is 0.416 e. The van der Waals surface area contributed by atoms with E-state index in [1.807, 2.05) is 0 Å². The van der Waals surface area contributed by atoms with Gasteiger partial charge in [0.15, 0.2) is 11.6 Å². The van der Waals surface area contributed by atoms with Crippen molar-refractivity contribution < 1.29 is 26.7 Å². The smallest absolute Gasteiger partial charge is 0.369 e. The molecule has 0 bridgehead atoms. The maximum atomic E-state index is 14.2. The Morgan fingerprint density at radius 2 is 1.74 bits per heavy atom. The number of benzene rings is 2. The first kappa shape index (κ1) is 19.5. The van der Waals surface area contributed by atoms with E-state index in [0.717, 1.165) is 18.2 Å². The average molecular weight is 402 g/mol. The minimum absolute atomic E-state index is 0.0491. The van der Waals surface area contributed by atoms with Crippen molar-refractivity contribution in [1.82, 2.24) is 0 Å². The number of primary amides is 1. The first-order valence-electron chi connectivity index (χ1n) is 7.96. The number of hydrogen-bond acceptors (Lipinski definition) is 3. The summed E-state index contributed by atoms with van der Waals surface area (Å²) in [5.74, 6) is -4.38. The molecule has 1 saturated heterocycles. The molecule has 3 unspecified atom stereocenters. The number of hydrogen-bond donors (Lipinski definition) is 2. The minimum atomic E-state index is -4.49. The van der Waals surface area contributed by atoms with Gasteiger partial charge in [-0.05, 0) is 29.8 Å². The van der Waals surface area contributed by atoms with E-state index in [2.05, 4.69) is 12.6 Å². The highest BCUT2D eigenvalue weighted by Crippen LogP contribution is 2.42. The summed E-state index contributed by atoms with van der Waals surface area (Å²) in [5, 5.41) is -0.855. The predicted molar refractivity (Wildman–Crippen MR) is 93.3 cm³/mol. The van der Waals surface area contributed by atoms with Gasteiger partial charge in [0.05, 0.1) is 22.5 Å². The molecule has 0 aromatic heterocycles. The summed E-state index contributed by atoms with van der Waals surface area (Å²) in [5.41, 5.74) is 4.99. The molecule has 1 amide bonds. The first-order valence-corrected chi connectivity index (χ1v) is 8.48. The van der Waals surface area contributed by atoms with Gasteiger partial charge < -0.3 is 10.6 Å². The van der Waals surface area contributed by atoms with Crippen LogP contribution in [0.5, 0.6) is 0 Å². The van der Waals surface area contributed by atoms with Crippen LogP contribution in [-0.4, -0.2) is 17.8 Å². The zero-order valence-corrected chi connectivity index (χ0v) is 14.6. The van der Waals surface area contributed by atoms with Crippen LogP contribution in [0.15, 0.2) is 42.5 Å². The summed E-state index contributed by atoms with van der Waals surface area (Å²) < 4.78 is 66.0. The summed E-state index contributed by atoms with van der Waals surface area (Å²) in [6, 6.07) is 7.96. The Bertz CT molecular complexity index is 856. The molecular formula is C18H15F5N2OS.